The number of hydrogen-bond donors (Lipinski definition) is 1. The minimum absolute atomic E-state index is 0.0960. The first kappa shape index (κ1) is 19.4. The molecule has 0 fully saturated rings. The lowest BCUT2D eigenvalue weighted by Gasteiger charge is -2.24. The van der Waals surface area contributed by atoms with E-state index in [-0.39, 0.29) is 11.8 Å². The minimum Gasteiger partial charge on any atom is -0.310 e. The Bertz CT molecular complexity index is 1300. The number of aryl methyl sites for hydroxylation is 2. The van der Waals surface area contributed by atoms with Crippen LogP contribution in [-0.4, -0.2) is 30.9 Å². The summed E-state index contributed by atoms with van der Waals surface area (Å²) in [6.45, 7) is 3.95. The molecule has 0 aliphatic carbocycles. The third-order valence-corrected chi connectivity index (χ3v) is 5.67. The molecule has 0 saturated heterocycles. The van der Waals surface area contributed by atoms with Gasteiger partial charge in [-0.15, -0.1) is 5.10 Å². The Kier molecular flexibility index (Phi) is 4.75. The molecule has 0 unspecified atom stereocenters. The van der Waals surface area contributed by atoms with Crippen LogP contribution in [0.5, 0.6) is 0 Å². The summed E-state index contributed by atoms with van der Waals surface area (Å²) in [4.78, 5) is 17.2. The first-order valence-electron chi connectivity index (χ1n) is 9.91. The number of aromatic nitrogens is 5. The zero-order valence-electron chi connectivity index (χ0n) is 17.0. The number of carbonyl (C=O) groups excluding carboxylic acids is 1. The molecule has 3 heterocycles. The van der Waals surface area contributed by atoms with E-state index in [1.165, 1.54) is 0 Å². The summed E-state index contributed by atoms with van der Waals surface area (Å²) in [5.74, 6) is 0.627. The van der Waals surface area contributed by atoms with Crippen LogP contribution in [0.2, 0.25) is 5.02 Å². The number of rotatable bonds is 3. The highest BCUT2D eigenvalue weighted by Crippen LogP contribution is 2.40. The Hall–Kier alpha value is -3.58. The van der Waals surface area contributed by atoms with E-state index in [0.29, 0.717) is 28.9 Å². The topological polar surface area (TPSA) is 85.6 Å². The van der Waals surface area contributed by atoms with Crippen LogP contribution in [0.1, 0.15) is 34.7 Å². The minimum atomic E-state index is -0.149. The summed E-state index contributed by atoms with van der Waals surface area (Å²) in [5, 5.41) is 16.5. The molecule has 0 bridgehead atoms. The van der Waals surface area contributed by atoms with Crippen molar-refractivity contribution in [1.82, 2.24) is 25.0 Å². The Morgan fingerprint density at radius 3 is 2.71 bits per heavy atom. The van der Waals surface area contributed by atoms with Crippen LogP contribution >= 0.6 is 11.6 Å². The molecular formula is C23H19ClN6O. The van der Waals surface area contributed by atoms with Gasteiger partial charge in [-0.2, -0.15) is 14.9 Å². The van der Waals surface area contributed by atoms with Crippen LogP contribution in [0.4, 0.5) is 5.82 Å². The van der Waals surface area contributed by atoms with E-state index in [0.717, 1.165) is 27.9 Å². The Labute approximate surface area is 184 Å². The third-order valence-electron chi connectivity index (χ3n) is 5.44. The van der Waals surface area contributed by atoms with E-state index >= 15 is 0 Å². The van der Waals surface area contributed by atoms with Crippen molar-refractivity contribution in [3.63, 3.8) is 0 Å². The van der Waals surface area contributed by atoms with Crippen LogP contribution in [0.25, 0.3) is 17.2 Å². The fraction of sp³-hybridized carbons (Fsp3) is 0.174. The highest BCUT2D eigenvalue weighted by molar-refractivity contribution is 6.30. The fourth-order valence-electron chi connectivity index (χ4n) is 3.95. The average Bonchev–Trinajstić information content (AvgIpc) is 3.10. The van der Waals surface area contributed by atoms with Gasteiger partial charge in [0.1, 0.15) is 5.82 Å². The number of amides is 1. The second-order valence-electron chi connectivity index (χ2n) is 7.63. The number of fused-ring (bicyclic) bond motifs is 1. The Balaban J connectivity index is 1.61. The Morgan fingerprint density at radius 1 is 1.13 bits per heavy atom. The van der Waals surface area contributed by atoms with Crippen LogP contribution in [0, 0.1) is 13.8 Å². The van der Waals surface area contributed by atoms with Gasteiger partial charge in [0.15, 0.2) is 0 Å². The van der Waals surface area contributed by atoms with Crippen molar-refractivity contribution in [3.8, 4) is 17.2 Å². The molecule has 31 heavy (non-hydrogen) atoms. The first-order valence-corrected chi connectivity index (χ1v) is 10.3. The van der Waals surface area contributed by atoms with Gasteiger partial charge < -0.3 is 5.32 Å². The van der Waals surface area contributed by atoms with Gasteiger partial charge in [0.05, 0.1) is 17.6 Å². The maximum Gasteiger partial charge on any atom is 0.272 e. The summed E-state index contributed by atoms with van der Waals surface area (Å²) < 4.78 is 1.56. The number of carbonyl (C=O) groups is 1. The standard InChI is InChI=1S/C23H19ClN6O/c1-13-6-8-15(9-7-13)19-12-25-28-23(26-19)30-22-21(14(2)29-30)18(11-20(31)27-22)16-4-3-5-17(24)10-16/h3-10,12,18H,11H2,1-2H3,(H,27,31)/t18-/m1/s1. The molecule has 1 N–H and O–H groups in total. The number of nitrogens with zero attached hydrogens (tertiary/aromatic N) is 5. The molecule has 5 rings (SSSR count). The SMILES string of the molecule is Cc1ccc(-c2cnnc(-n3nc(C)c4c3NC(=O)C[C@@H]4c3cccc(Cl)c3)n2)cc1. The van der Waals surface area contributed by atoms with Crippen molar-refractivity contribution in [2.24, 2.45) is 0 Å². The van der Waals surface area contributed by atoms with Crippen molar-refractivity contribution in [2.75, 3.05) is 5.32 Å². The predicted octanol–water partition coefficient (Wildman–Crippen LogP) is 4.47. The zero-order valence-corrected chi connectivity index (χ0v) is 17.8. The number of benzene rings is 2. The molecule has 4 aromatic rings. The van der Waals surface area contributed by atoms with E-state index in [9.17, 15) is 4.79 Å². The van der Waals surface area contributed by atoms with Crippen LogP contribution in [-0.2, 0) is 4.79 Å². The predicted molar refractivity (Wildman–Crippen MR) is 118 cm³/mol. The van der Waals surface area contributed by atoms with E-state index in [4.69, 9.17) is 11.6 Å². The molecule has 0 radical (unpaired) electrons. The summed E-state index contributed by atoms with van der Waals surface area (Å²) in [5.41, 5.74) is 5.48. The van der Waals surface area contributed by atoms with Crippen LogP contribution in [0.15, 0.2) is 54.7 Å². The molecule has 8 heteroatoms. The highest BCUT2D eigenvalue weighted by atomic mass is 35.5. The lowest BCUT2D eigenvalue weighted by atomic mass is 9.86. The molecule has 0 spiro atoms. The third kappa shape index (κ3) is 3.57. The van der Waals surface area contributed by atoms with Gasteiger partial charge in [0.2, 0.25) is 5.91 Å². The monoisotopic (exact) mass is 430 g/mol. The molecule has 1 aliphatic rings. The smallest absolute Gasteiger partial charge is 0.272 e. The first-order chi connectivity index (χ1) is 15.0. The van der Waals surface area contributed by atoms with Gasteiger partial charge in [0.25, 0.3) is 5.95 Å². The van der Waals surface area contributed by atoms with Gasteiger partial charge in [-0.25, -0.2) is 4.98 Å². The summed E-state index contributed by atoms with van der Waals surface area (Å²) in [7, 11) is 0. The van der Waals surface area contributed by atoms with Gasteiger partial charge in [-0.1, -0.05) is 53.6 Å². The quantitative estimate of drug-likeness (QED) is 0.518. The number of anilines is 1. The fourth-order valence-corrected chi connectivity index (χ4v) is 4.15. The molecule has 0 saturated carbocycles. The van der Waals surface area contributed by atoms with Gasteiger partial charge >= 0.3 is 0 Å². The van der Waals surface area contributed by atoms with Crippen LogP contribution in [0.3, 0.4) is 0 Å². The molecule has 1 amide bonds. The summed E-state index contributed by atoms with van der Waals surface area (Å²) in [6, 6.07) is 15.6. The second kappa shape index (κ2) is 7.59. The van der Waals surface area contributed by atoms with E-state index < -0.39 is 0 Å². The van der Waals surface area contributed by atoms with Crippen LogP contribution < -0.4 is 5.32 Å². The molecule has 2 aromatic heterocycles. The maximum absolute atomic E-state index is 12.6. The lowest BCUT2D eigenvalue weighted by Crippen LogP contribution is -2.25. The summed E-state index contributed by atoms with van der Waals surface area (Å²) >= 11 is 6.20. The van der Waals surface area contributed by atoms with Crippen molar-refractivity contribution >= 4 is 23.3 Å². The zero-order chi connectivity index (χ0) is 21.5. The Morgan fingerprint density at radius 2 is 1.94 bits per heavy atom. The number of hydrogen-bond acceptors (Lipinski definition) is 5. The molecular weight excluding hydrogens is 412 g/mol. The molecule has 2 aromatic carbocycles. The molecule has 7 nitrogen and oxygen atoms in total. The maximum atomic E-state index is 12.6. The average molecular weight is 431 g/mol. The van der Waals surface area contributed by atoms with Crippen molar-refractivity contribution in [3.05, 3.63) is 82.1 Å². The van der Waals surface area contributed by atoms with E-state index in [1.54, 1.807) is 10.9 Å². The molecule has 154 valence electrons. The van der Waals surface area contributed by atoms with Crippen molar-refractivity contribution in [1.29, 1.82) is 0 Å². The summed E-state index contributed by atoms with van der Waals surface area (Å²) in [6.07, 6.45) is 1.94. The number of nitrogens with one attached hydrogen (secondary N) is 1. The molecule has 1 aliphatic heterocycles. The second-order valence-corrected chi connectivity index (χ2v) is 8.06. The van der Waals surface area contributed by atoms with Gasteiger partial charge in [-0.05, 0) is 31.5 Å². The number of halogens is 1. The lowest BCUT2D eigenvalue weighted by molar-refractivity contribution is -0.116. The largest absolute Gasteiger partial charge is 0.310 e. The van der Waals surface area contributed by atoms with E-state index in [1.807, 2.05) is 62.4 Å². The van der Waals surface area contributed by atoms with Gasteiger partial charge in [0, 0.05) is 28.5 Å². The van der Waals surface area contributed by atoms with Crippen molar-refractivity contribution in [2.45, 2.75) is 26.2 Å². The van der Waals surface area contributed by atoms with Crippen molar-refractivity contribution < 1.29 is 4.79 Å². The molecule has 1 atom stereocenters. The normalized spacial score (nSPS) is 15.5. The van der Waals surface area contributed by atoms with E-state index in [2.05, 4.69) is 25.6 Å². The highest BCUT2D eigenvalue weighted by Gasteiger charge is 2.33. The van der Waals surface area contributed by atoms with Gasteiger partial charge in [-0.3, -0.25) is 4.79 Å².